The van der Waals surface area contributed by atoms with Gasteiger partial charge in [0.15, 0.2) is 0 Å². The van der Waals surface area contributed by atoms with Crippen LogP contribution in [0.3, 0.4) is 0 Å². The van der Waals surface area contributed by atoms with Crippen molar-refractivity contribution in [3.63, 3.8) is 0 Å². The highest BCUT2D eigenvalue weighted by atomic mass is 14.8. The number of pyridine rings is 2. The van der Waals surface area contributed by atoms with E-state index >= 15 is 0 Å². The van der Waals surface area contributed by atoms with Crippen molar-refractivity contribution in [2.45, 2.75) is 0 Å². The molecule has 0 N–H and O–H groups in total. The second-order valence-corrected chi connectivity index (χ2v) is 12.6. The van der Waals surface area contributed by atoms with E-state index in [0.29, 0.717) is 0 Å². The first-order valence-electron chi connectivity index (χ1n) is 16.4. The van der Waals surface area contributed by atoms with Crippen LogP contribution in [-0.4, -0.2) is 9.97 Å². The van der Waals surface area contributed by atoms with Gasteiger partial charge in [0.2, 0.25) is 0 Å². The molecule has 0 spiro atoms. The molecule has 0 bridgehead atoms. The molecule has 0 amide bonds. The van der Waals surface area contributed by atoms with Crippen LogP contribution in [0, 0.1) is 0 Å². The van der Waals surface area contributed by atoms with E-state index < -0.39 is 0 Å². The van der Waals surface area contributed by atoms with Crippen LogP contribution in [0.15, 0.2) is 170 Å². The summed E-state index contributed by atoms with van der Waals surface area (Å²) in [7, 11) is 0. The molecule has 0 saturated carbocycles. The third-order valence-corrected chi connectivity index (χ3v) is 9.82. The molecule has 2 nitrogen and oxygen atoms in total. The van der Waals surface area contributed by atoms with Gasteiger partial charge >= 0.3 is 0 Å². The van der Waals surface area contributed by atoms with Gasteiger partial charge in [-0.25, -0.2) is 9.97 Å². The normalized spacial score (nSPS) is 11.8. The number of fused-ring (bicyclic) bond motifs is 10. The number of hydrogen-bond donors (Lipinski definition) is 0. The zero-order chi connectivity index (χ0) is 31.6. The van der Waals surface area contributed by atoms with Crippen LogP contribution in [0.5, 0.6) is 0 Å². The standard InChI is InChI=1S/C46H28N2/c1-2-10-30(11-3-1)43-25-21-31-17-18-32-22-26-44(48-46(32)45(31)47-43)34-20-24-40-39-23-19-33(36-16-8-12-29-9-4-5-13-35(29)36)27-41(39)37-14-6-7-15-38(37)42(40)28-34/h1-28H. The van der Waals surface area contributed by atoms with E-state index in [9.17, 15) is 0 Å². The minimum Gasteiger partial charge on any atom is -0.245 e. The van der Waals surface area contributed by atoms with Crippen LogP contribution in [0.2, 0.25) is 0 Å². The summed E-state index contributed by atoms with van der Waals surface area (Å²) in [5, 5.41) is 12.2. The fraction of sp³-hybridized carbons (Fsp3) is 0. The number of rotatable bonds is 3. The van der Waals surface area contributed by atoms with Gasteiger partial charge in [-0.05, 0) is 78.5 Å². The minimum absolute atomic E-state index is 0.923. The summed E-state index contributed by atoms with van der Waals surface area (Å²) in [6.45, 7) is 0. The lowest BCUT2D eigenvalue weighted by molar-refractivity contribution is 1.37. The van der Waals surface area contributed by atoms with Gasteiger partial charge in [-0.3, -0.25) is 0 Å². The molecule has 0 aliphatic heterocycles. The summed E-state index contributed by atoms with van der Waals surface area (Å²) in [6.07, 6.45) is 0. The first-order valence-corrected chi connectivity index (χ1v) is 16.4. The second kappa shape index (κ2) is 10.6. The number of benzene rings is 8. The summed E-state index contributed by atoms with van der Waals surface area (Å²) >= 11 is 0. The van der Waals surface area contributed by atoms with Crippen LogP contribution in [0.4, 0.5) is 0 Å². The van der Waals surface area contributed by atoms with Gasteiger partial charge in [-0.1, -0.05) is 146 Å². The number of aromatic nitrogens is 2. The Kier molecular flexibility index (Phi) is 5.91. The van der Waals surface area contributed by atoms with E-state index in [2.05, 4.69) is 164 Å². The number of nitrogens with zero attached hydrogens (tertiary/aromatic N) is 2. The summed E-state index contributed by atoms with van der Waals surface area (Å²) in [5.41, 5.74) is 8.44. The monoisotopic (exact) mass is 608 g/mol. The Hall–Kier alpha value is -6.38. The maximum absolute atomic E-state index is 5.27. The molecule has 0 atom stereocenters. The maximum Gasteiger partial charge on any atom is 0.0972 e. The molecule has 48 heavy (non-hydrogen) atoms. The Morgan fingerprint density at radius 3 is 1.46 bits per heavy atom. The minimum atomic E-state index is 0.923. The highest BCUT2D eigenvalue weighted by Crippen LogP contribution is 2.40. The van der Waals surface area contributed by atoms with E-state index in [0.717, 1.165) is 44.3 Å². The van der Waals surface area contributed by atoms with Crippen molar-refractivity contribution in [1.82, 2.24) is 9.97 Å². The first kappa shape index (κ1) is 26.8. The Morgan fingerprint density at radius 2 is 0.771 bits per heavy atom. The Bertz CT molecular complexity index is 2860. The molecule has 222 valence electrons. The van der Waals surface area contributed by atoms with Crippen LogP contribution < -0.4 is 0 Å². The molecule has 2 heteroatoms. The third-order valence-electron chi connectivity index (χ3n) is 9.82. The van der Waals surface area contributed by atoms with Gasteiger partial charge in [0.1, 0.15) is 0 Å². The molecule has 0 fully saturated rings. The molecule has 0 aliphatic carbocycles. The van der Waals surface area contributed by atoms with Crippen molar-refractivity contribution in [3.8, 4) is 33.6 Å². The van der Waals surface area contributed by atoms with Gasteiger partial charge in [-0.15, -0.1) is 0 Å². The molecule has 0 unspecified atom stereocenters. The van der Waals surface area contributed by atoms with Crippen LogP contribution in [0.25, 0.3) is 98.5 Å². The zero-order valence-corrected chi connectivity index (χ0v) is 26.1. The van der Waals surface area contributed by atoms with E-state index in [1.807, 2.05) is 6.07 Å². The third kappa shape index (κ3) is 4.20. The predicted octanol–water partition coefficient (Wildman–Crippen LogP) is 12.4. The zero-order valence-electron chi connectivity index (χ0n) is 26.1. The number of hydrogen-bond acceptors (Lipinski definition) is 2. The van der Waals surface area contributed by atoms with Gasteiger partial charge < -0.3 is 0 Å². The Balaban J connectivity index is 1.16. The van der Waals surface area contributed by atoms with Crippen molar-refractivity contribution < 1.29 is 0 Å². The quantitative estimate of drug-likeness (QED) is 0.187. The summed E-state index contributed by atoms with van der Waals surface area (Å²) in [5.74, 6) is 0. The molecular weight excluding hydrogens is 581 g/mol. The van der Waals surface area contributed by atoms with Crippen molar-refractivity contribution in [1.29, 1.82) is 0 Å². The lowest BCUT2D eigenvalue weighted by Crippen LogP contribution is -1.91. The molecule has 0 radical (unpaired) electrons. The van der Waals surface area contributed by atoms with Crippen LogP contribution in [0.1, 0.15) is 0 Å². The summed E-state index contributed by atoms with van der Waals surface area (Å²) in [4.78, 5) is 10.4. The molecule has 10 aromatic rings. The lowest BCUT2D eigenvalue weighted by atomic mass is 9.90. The molecule has 0 aliphatic rings. The van der Waals surface area contributed by atoms with E-state index in [-0.39, 0.29) is 0 Å². The van der Waals surface area contributed by atoms with Crippen molar-refractivity contribution in [2.75, 3.05) is 0 Å². The van der Waals surface area contributed by atoms with Gasteiger partial charge in [-0.2, -0.15) is 0 Å². The van der Waals surface area contributed by atoms with E-state index in [4.69, 9.17) is 9.97 Å². The highest BCUT2D eigenvalue weighted by molar-refractivity contribution is 6.26. The van der Waals surface area contributed by atoms with E-state index in [1.165, 1.54) is 54.2 Å². The van der Waals surface area contributed by atoms with Crippen molar-refractivity contribution >= 4 is 64.9 Å². The Labute approximate surface area is 277 Å². The Morgan fingerprint density at radius 1 is 0.271 bits per heavy atom. The average Bonchev–Trinajstić information content (AvgIpc) is 3.17. The van der Waals surface area contributed by atoms with Crippen LogP contribution >= 0.6 is 0 Å². The molecule has 2 aromatic heterocycles. The van der Waals surface area contributed by atoms with Gasteiger partial charge in [0.05, 0.1) is 22.4 Å². The SMILES string of the molecule is c1ccc(-c2ccc3ccc4ccc(-c5ccc6c7ccc(-c8cccc9ccccc89)cc7c7ccccc7c6c5)nc4c3n2)cc1. The molecule has 0 saturated heterocycles. The van der Waals surface area contributed by atoms with Gasteiger partial charge in [0.25, 0.3) is 0 Å². The fourth-order valence-electron chi connectivity index (χ4n) is 7.46. The van der Waals surface area contributed by atoms with Gasteiger partial charge in [0, 0.05) is 21.9 Å². The second-order valence-electron chi connectivity index (χ2n) is 12.6. The molecule has 2 heterocycles. The lowest BCUT2D eigenvalue weighted by Gasteiger charge is -2.14. The van der Waals surface area contributed by atoms with Crippen molar-refractivity contribution in [2.24, 2.45) is 0 Å². The van der Waals surface area contributed by atoms with E-state index in [1.54, 1.807) is 0 Å². The summed E-state index contributed by atoms with van der Waals surface area (Å²) in [6, 6.07) is 61.0. The topological polar surface area (TPSA) is 25.8 Å². The maximum atomic E-state index is 5.27. The smallest absolute Gasteiger partial charge is 0.0972 e. The highest BCUT2D eigenvalue weighted by Gasteiger charge is 2.14. The largest absolute Gasteiger partial charge is 0.245 e. The average molecular weight is 609 g/mol. The predicted molar refractivity (Wildman–Crippen MR) is 203 cm³/mol. The molecule has 10 rings (SSSR count). The van der Waals surface area contributed by atoms with Crippen molar-refractivity contribution in [3.05, 3.63) is 170 Å². The molecule has 8 aromatic carbocycles. The molecular formula is C46H28N2. The summed E-state index contributed by atoms with van der Waals surface area (Å²) < 4.78 is 0. The van der Waals surface area contributed by atoms with Crippen LogP contribution in [-0.2, 0) is 0 Å². The fourth-order valence-corrected chi connectivity index (χ4v) is 7.46. The first-order chi connectivity index (χ1) is 23.8.